The number of hydrogen-bond acceptors (Lipinski definition) is 4. The second-order valence-electron chi connectivity index (χ2n) is 5.70. The average Bonchev–Trinajstić information content (AvgIpc) is 3.04. The van der Waals surface area contributed by atoms with Gasteiger partial charge in [-0.1, -0.05) is 0 Å². The third-order valence-corrected chi connectivity index (χ3v) is 4.00. The minimum atomic E-state index is -0.0210. The Labute approximate surface area is 154 Å². The number of halogens is 2. The summed E-state index contributed by atoms with van der Waals surface area (Å²) >= 11 is 1.66. The fraction of sp³-hybridized carbons (Fsp3) is 0.533. The highest BCUT2D eigenvalue weighted by Crippen LogP contribution is 2.23. The Morgan fingerprint density at radius 3 is 2.65 bits per heavy atom. The minimum absolute atomic E-state index is 0. The molecule has 0 saturated carbocycles. The van der Waals surface area contributed by atoms with Crippen LogP contribution >= 0.6 is 36.2 Å². The van der Waals surface area contributed by atoms with E-state index in [4.69, 9.17) is 4.74 Å². The van der Waals surface area contributed by atoms with Crippen molar-refractivity contribution in [3.05, 3.63) is 35.7 Å². The van der Waals surface area contributed by atoms with Crippen molar-refractivity contribution in [3.8, 4) is 5.06 Å². The monoisotopic (exact) mass is 383 g/mol. The lowest BCUT2D eigenvalue weighted by Crippen LogP contribution is -2.45. The van der Waals surface area contributed by atoms with E-state index in [1.807, 2.05) is 18.7 Å². The second-order valence-corrected chi connectivity index (χ2v) is 6.57. The van der Waals surface area contributed by atoms with Crippen LogP contribution in [0.4, 0.5) is 0 Å². The maximum absolute atomic E-state index is 5.84. The standard InChI is InChI=1S/C15H23N3OS.2ClH.H2O/c1-13-9-14(20-10-13)19-11-15(2,3)17-5-4-7-18-8-6-16-12-18;;;/h6,8-10,12,17H,4-5,7,11H2,1-3H3;2*1H;1H2. The van der Waals surface area contributed by atoms with Crippen molar-refractivity contribution >= 4 is 36.2 Å². The van der Waals surface area contributed by atoms with Gasteiger partial charge in [0, 0.05) is 24.5 Å². The molecule has 0 aliphatic carbocycles. The highest BCUT2D eigenvalue weighted by Gasteiger charge is 2.17. The molecular formula is C15H27Cl2N3O2S. The Balaban J connectivity index is 0. The fourth-order valence-electron chi connectivity index (χ4n) is 1.89. The zero-order valence-electron chi connectivity index (χ0n) is 13.7. The number of thiophene rings is 1. The maximum Gasteiger partial charge on any atom is 0.174 e. The second kappa shape index (κ2) is 11.7. The van der Waals surface area contributed by atoms with Crippen LogP contribution in [0.3, 0.4) is 0 Å². The number of aryl methyl sites for hydroxylation is 2. The molecule has 0 aliphatic heterocycles. The van der Waals surface area contributed by atoms with E-state index in [-0.39, 0.29) is 35.8 Å². The van der Waals surface area contributed by atoms with Crippen molar-refractivity contribution < 1.29 is 10.2 Å². The number of nitrogens with one attached hydrogen (secondary N) is 1. The third kappa shape index (κ3) is 9.17. The molecule has 0 unspecified atom stereocenters. The number of ether oxygens (including phenoxy) is 1. The highest BCUT2D eigenvalue weighted by atomic mass is 35.5. The molecule has 2 aromatic rings. The quantitative estimate of drug-likeness (QED) is 0.711. The molecule has 0 amide bonds. The molecule has 2 aromatic heterocycles. The van der Waals surface area contributed by atoms with E-state index in [0.717, 1.165) is 24.6 Å². The zero-order valence-corrected chi connectivity index (χ0v) is 16.2. The van der Waals surface area contributed by atoms with Gasteiger partial charge in [-0.2, -0.15) is 0 Å². The number of rotatable bonds is 8. The summed E-state index contributed by atoms with van der Waals surface area (Å²) in [5, 5.41) is 6.65. The van der Waals surface area contributed by atoms with E-state index >= 15 is 0 Å². The van der Waals surface area contributed by atoms with Crippen molar-refractivity contribution in [2.24, 2.45) is 0 Å². The normalized spacial score (nSPS) is 10.2. The van der Waals surface area contributed by atoms with Gasteiger partial charge in [-0.05, 0) is 50.7 Å². The van der Waals surface area contributed by atoms with Crippen LogP contribution in [-0.4, -0.2) is 33.7 Å². The summed E-state index contributed by atoms with van der Waals surface area (Å²) in [6, 6.07) is 2.08. The van der Waals surface area contributed by atoms with Crippen molar-refractivity contribution in [1.29, 1.82) is 0 Å². The number of imidazole rings is 1. The highest BCUT2D eigenvalue weighted by molar-refractivity contribution is 7.12. The lowest BCUT2D eigenvalue weighted by Gasteiger charge is -2.26. The summed E-state index contributed by atoms with van der Waals surface area (Å²) in [5.74, 6) is 0. The number of hydrogen-bond donors (Lipinski definition) is 1. The summed E-state index contributed by atoms with van der Waals surface area (Å²) in [6.07, 6.45) is 6.74. The van der Waals surface area contributed by atoms with Gasteiger partial charge in [0.15, 0.2) is 5.06 Å². The Hall–Kier alpha value is -0.790. The molecular weight excluding hydrogens is 357 g/mol. The summed E-state index contributed by atoms with van der Waals surface area (Å²) in [7, 11) is 0. The van der Waals surface area contributed by atoms with Gasteiger partial charge in [0.1, 0.15) is 6.61 Å². The van der Waals surface area contributed by atoms with E-state index in [0.29, 0.717) is 6.61 Å². The predicted molar refractivity (Wildman–Crippen MR) is 102 cm³/mol. The fourth-order valence-corrected chi connectivity index (χ4v) is 2.64. The van der Waals surface area contributed by atoms with Crippen molar-refractivity contribution in [2.45, 2.75) is 39.3 Å². The predicted octanol–water partition coefficient (Wildman–Crippen LogP) is 3.11. The zero-order chi connectivity index (χ0) is 14.4. The largest absolute Gasteiger partial charge is 0.482 e. The molecule has 0 atom stereocenters. The minimum Gasteiger partial charge on any atom is -0.482 e. The molecule has 2 heterocycles. The molecule has 0 aliphatic rings. The number of aromatic nitrogens is 2. The maximum atomic E-state index is 5.84. The van der Waals surface area contributed by atoms with Gasteiger partial charge in [-0.15, -0.1) is 36.2 Å². The van der Waals surface area contributed by atoms with Crippen LogP contribution in [-0.2, 0) is 6.54 Å². The van der Waals surface area contributed by atoms with Gasteiger partial charge in [-0.25, -0.2) is 4.98 Å². The Morgan fingerprint density at radius 2 is 2.09 bits per heavy atom. The Kier molecular flexibility index (Phi) is 12.4. The van der Waals surface area contributed by atoms with Crippen molar-refractivity contribution in [1.82, 2.24) is 14.9 Å². The molecule has 0 saturated heterocycles. The van der Waals surface area contributed by atoms with Crippen molar-refractivity contribution in [3.63, 3.8) is 0 Å². The molecule has 3 N–H and O–H groups in total. The lowest BCUT2D eigenvalue weighted by molar-refractivity contribution is 0.212. The molecule has 2 rings (SSSR count). The van der Waals surface area contributed by atoms with E-state index in [9.17, 15) is 0 Å². The molecule has 0 aromatic carbocycles. The lowest BCUT2D eigenvalue weighted by atomic mass is 10.1. The van der Waals surface area contributed by atoms with Crippen LogP contribution in [0.15, 0.2) is 30.2 Å². The molecule has 8 heteroatoms. The van der Waals surface area contributed by atoms with Crippen LogP contribution in [0.5, 0.6) is 5.06 Å². The van der Waals surface area contributed by atoms with Crippen molar-refractivity contribution in [2.75, 3.05) is 13.2 Å². The third-order valence-electron chi connectivity index (χ3n) is 3.04. The Morgan fingerprint density at radius 1 is 1.35 bits per heavy atom. The molecule has 23 heavy (non-hydrogen) atoms. The molecule has 5 nitrogen and oxygen atoms in total. The van der Waals surface area contributed by atoms with E-state index in [2.05, 4.69) is 47.1 Å². The van der Waals surface area contributed by atoms with Crippen LogP contribution < -0.4 is 10.1 Å². The van der Waals surface area contributed by atoms with Gasteiger partial charge in [0.2, 0.25) is 0 Å². The van der Waals surface area contributed by atoms with Crippen LogP contribution in [0, 0.1) is 6.92 Å². The number of nitrogens with zero attached hydrogens (tertiary/aromatic N) is 2. The van der Waals surface area contributed by atoms with Gasteiger partial charge in [0.25, 0.3) is 0 Å². The summed E-state index contributed by atoms with van der Waals surface area (Å²) < 4.78 is 7.93. The van der Waals surface area contributed by atoms with Crippen LogP contribution in [0.1, 0.15) is 25.8 Å². The van der Waals surface area contributed by atoms with Crippen LogP contribution in [0.2, 0.25) is 0 Å². The van der Waals surface area contributed by atoms with E-state index < -0.39 is 0 Å². The molecule has 0 radical (unpaired) electrons. The van der Waals surface area contributed by atoms with Gasteiger partial charge >= 0.3 is 0 Å². The Bertz CT molecular complexity index is 519. The summed E-state index contributed by atoms with van der Waals surface area (Å²) in [5.41, 5.74) is 1.24. The molecule has 0 fully saturated rings. The summed E-state index contributed by atoms with van der Waals surface area (Å²) in [4.78, 5) is 4.04. The average molecular weight is 384 g/mol. The first-order valence-corrected chi connectivity index (χ1v) is 7.82. The molecule has 134 valence electrons. The SMILES string of the molecule is Cc1csc(OCC(C)(C)NCCCn2ccnc2)c1.Cl.Cl.O. The summed E-state index contributed by atoms with van der Waals surface area (Å²) in [6.45, 7) is 9.07. The van der Waals surface area contributed by atoms with Gasteiger partial charge in [0.05, 0.1) is 6.33 Å². The van der Waals surface area contributed by atoms with Gasteiger partial charge in [-0.3, -0.25) is 0 Å². The van der Waals surface area contributed by atoms with Crippen LogP contribution in [0.25, 0.3) is 0 Å². The van der Waals surface area contributed by atoms with E-state index in [1.54, 1.807) is 11.3 Å². The van der Waals surface area contributed by atoms with Gasteiger partial charge < -0.3 is 20.1 Å². The molecule has 0 bridgehead atoms. The first kappa shape index (κ1) is 24.5. The first-order valence-electron chi connectivity index (χ1n) is 6.94. The topological polar surface area (TPSA) is 70.6 Å². The van der Waals surface area contributed by atoms with E-state index in [1.165, 1.54) is 5.56 Å². The smallest absolute Gasteiger partial charge is 0.174 e. The molecule has 0 spiro atoms. The first-order chi connectivity index (χ1) is 9.55.